The summed E-state index contributed by atoms with van der Waals surface area (Å²) in [4.78, 5) is 27.8. The number of esters is 2. The molecule has 1 heterocycles. The van der Waals surface area contributed by atoms with Crippen LogP contribution in [-0.4, -0.2) is 55.8 Å². The maximum Gasteiger partial charge on any atom is 0.338 e. The molecule has 1 aliphatic rings. The second-order valence-corrected chi connectivity index (χ2v) is 9.02. The summed E-state index contributed by atoms with van der Waals surface area (Å²) in [5, 5.41) is 3.54. The fraction of sp³-hybridized carbons (Fsp3) is 0.500. The second kappa shape index (κ2) is 15.7. The van der Waals surface area contributed by atoms with E-state index in [1.54, 1.807) is 37.3 Å². The molecule has 10 heteroatoms. The number of unbranched alkanes of at least 4 members (excludes halogenated alkanes) is 3. The molecule has 0 bridgehead atoms. The summed E-state index contributed by atoms with van der Waals surface area (Å²) in [5.41, 5.74) is 9.67. The molecular formula is C28H35N3O7. The molecule has 1 saturated heterocycles. The van der Waals surface area contributed by atoms with Gasteiger partial charge in [0.25, 0.3) is 0 Å². The molecule has 3 rings (SSSR count). The molecule has 0 radical (unpaired) electrons. The Balaban J connectivity index is 1.73. The summed E-state index contributed by atoms with van der Waals surface area (Å²) in [6.07, 6.45) is -0.781. The first kappa shape index (κ1) is 29.1. The van der Waals surface area contributed by atoms with Crippen LogP contribution < -0.4 is 0 Å². The molecule has 5 atom stereocenters. The van der Waals surface area contributed by atoms with E-state index in [1.165, 1.54) is 6.92 Å². The molecule has 2 aromatic rings. The zero-order valence-electron chi connectivity index (χ0n) is 21.8. The van der Waals surface area contributed by atoms with Crippen molar-refractivity contribution in [1.29, 1.82) is 0 Å². The van der Waals surface area contributed by atoms with Crippen LogP contribution in [0, 0.1) is 0 Å². The van der Waals surface area contributed by atoms with E-state index in [0.29, 0.717) is 18.7 Å². The number of carbonyl (C=O) groups is 2. The highest BCUT2D eigenvalue weighted by atomic mass is 16.7. The molecule has 0 amide bonds. The predicted octanol–water partition coefficient (Wildman–Crippen LogP) is 5.36. The number of azide groups is 1. The van der Waals surface area contributed by atoms with E-state index in [0.717, 1.165) is 31.2 Å². The lowest BCUT2D eigenvalue weighted by molar-refractivity contribution is -0.306. The van der Waals surface area contributed by atoms with Gasteiger partial charge in [0.05, 0.1) is 18.3 Å². The standard InChI is InChI=1S/C28H35N3O7/c1-20-24(38-27(33)23-15-9-6-10-16-23)25(37-21(2)32)26(35-19-22-13-7-5-8-14-22)28(36-20)34-18-12-4-3-11-17-30-31-29/h5-10,13-16,20,24-26,28H,3-4,11-12,17-19H2,1-2H3/t20?,24-,25?,26?,28-/m1/s1. The van der Waals surface area contributed by atoms with Crippen molar-refractivity contribution in [1.82, 2.24) is 0 Å². The molecule has 1 fully saturated rings. The highest BCUT2D eigenvalue weighted by Crippen LogP contribution is 2.30. The third-order valence-electron chi connectivity index (χ3n) is 6.07. The fourth-order valence-electron chi connectivity index (χ4n) is 4.19. The predicted molar refractivity (Wildman–Crippen MR) is 139 cm³/mol. The lowest BCUT2D eigenvalue weighted by Gasteiger charge is -2.44. The molecule has 1 aliphatic heterocycles. The first-order chi connectivity index (χ1) is 18.5. The van der Waals surface area contributed by atoms with Gasteiger partial charge in [0.15, 0.2) is 18.5 Å². The van der Waals surface area contributed by atoms with E-state index in [2.05, 4.69) is 10.0 Å². The van der Waals surface area contributed by atoms with Crippen molar-refractivity contribution < 1.29 is 33.3 Å². The molecule has 10 nitrogen and oxygen atoms in total. The average Bonchev–Trinajstić information content (AvgIpc) is 2.92. The molecule has 0 aliphatic carbocycles. The first-order valence-electron chi connectivity index (χ1n) is 12.9. The maximum atomic E-state index is 12.9. The van der Waals surface area contributed by atoms with Crippen molar-refractivity contribution in [3.63, 3.8) is 0 Å². The Labute approximate surface area is 222 Å². The normalized spacial score (nSPS) is 22.7. The highest BCUT2D eigenvalue weighted by molar-refractivity contribution is 5.89. The summed E-state index contributed by atoms with van der Waals surface area (Å²) in [6.45, 7) is 4.14. The van der Waals surface area contributed by atoms with Crippen LogP contribution in [-0.2, 0) is 35.1 Å². The maximum absolute atomic E-state index is 12.9. The van der Waals surface area contributed by atoms with Crippen molar-refractivity contribution >= 4 is 11.9 Å². The molecule has 2 aromatic carbocycles. The molecule has 0 aromatic heterocycles. The van der Waals surface area contributed by atoms with Crippen LogP contribution in [0.15, 0.2) is 65.8 Å². The van der Waals surface area contributed by atoms with E-state index in [9.17, 15) is 9.59 Å². The molecule has 38 heavy (non-hydrogen) atoms. The van der Waals surface area contributed by atoms with Gasteiger partial charge in [-0.25, -0.2) is 4.79 Å². The Bertz CT molecular complexity index is 1050. The Morgan fingerprint density at radius 3 is 2.26 bits per heavy atom. The summed E-state index contributed by atoms with van der Waals surface area (Å²) < 4.78 is 29.9. The number of nitrogens with zero attached hydrogens (tertiary/aromatic N) is 3. The number of carbonyl (C=O) groups excluding carboxylic acids is 2. The lowest BCUT2D eigenvalue weighted by Crippen LogP contribution is -2.60. The number of benzene rings is 2. The smallest absolute Gasteiger partial charge is 0.338 e. The molecule has 204 valence electrons. The monoisotopic (exact) mass is 525 g/mol. The van der Waals surface area contributed by atoms with Gasteiger partial charge in [0, 0.05) is 25.0 Å². The summed E-state index contributed by atoms with van der Waals surface area (Å²) in [7, 11) is 0. The number of hydrogen-bond acceptors (Lipinski definition) is 8. The number of hydrogen-bond donors (Lipinski definition) is 0. The molecular weight excluding hydrogens is 490 g/mol. The van der Waals surface area contributed by atoms with Crippen molar-refractivity contribution in [3.8, 4) is 0 Å². The topological polar surface area (TPSA) is 129 Å². The van der Waals surface area contributed by atoms with Crippen LogP contribution in [0.25, 0.3) is 10.4 Å². The summed E-state index contributed by atoms with van der Waals surface area (Å²) in [5.74, 6) is -1.08. The minimum Gasteiger partial charge on any atom is -0.455 e. The van der Waals surface area contributed by atoms with Crippen molar-refractivity contribution in [2.24, 2.45) is 5.11 Å². The van der Waals surface area contributed by atoms with E-state index in [1.807, 2.05) is 30.3 Å². The SMILES string of the molecule is CC(=O)OC1C(OCc2ccccc2)[C@H](OCCCCCCN=[N+]=[N-])OC(C)[C@H]1OC(=O)c1ccccc1. The third kappa shape index (κ3) is 9.15. The van der Waals surface area contributed by atoms with Gasteiger partial charge in [-0.05, 0) is 43.0 Å². The van der Waals surface area contributed by atoms with Crippen LogP contribution in [0.5, 0.6) is 0 Å². The molecule has 0 saturated carbocycles. The lowest BCUT2D eigenvalue weighted by atomic mass is 9.98. The molecule has 3 unspecified atom stereocenters. The highest BCUT2D eigenvalue weighted by Gasteiger charge is 2.50. The minimum absolute atomic E-state index is 0.222. The van der Waals surface area contributed by atoms with Crippen molar-refractivity contribution in [3.05, 3.63) is 82.2 Å². The largest absolute Gasteiger partial charge is 0.455 e. The molecule has 0 spiro atoms. The van der Waals surface area contributed by atoms with E-state index in [-0.39, 0.29) is 6.61 Å². The van der Waals surface area contributed by atoms with Gasteiger partial charge < -0.3 is 23.7 Å². The minimum atomic E-state index is -0.943. The summed E-state index contributed by atoms with van der Waals surface area (Å²) >= 11 is 0. The van der Waals surface area contributed by atoms with Crippen LogP contribution in [0.4, 0.5) is 0 Å². The van der Waals surface area contributed by atoms with Gasteiger partial charge >= 0.3 is 11.9 Å². The molecule has 0 N–H and O–H groups in total. The van der Waals surface area contributed by atoms with Gasteiger partial charge in [-0.3, -0.25) is 4.79 Å². The van der Waals surface area contributed by atoms with Crippen LogP contribution in [0.1, 0.15) is 55.5 Å². The van der Waals surface area contributed by atoms with Crippen LogP contribution in [0.2, 0.25) is 0 Å². The van der Waals surface area contributed by atoms with E-state index in [4.69, 9.17) is 29.2 Å². The van der Waals surface area contributed by atoms with Gasteiger partial charge in [0.2, 0.25) is 0 Å². The van der Waals surface area contributed by atoms with Gasteiger partial charge in [-0.15, -0.1) is 0 Å². The zero-order valence-corrected chi connectivity index (χ0v) is 21.8. The van der Waals surface area contributed by atoms with Crippen molar-refractivity contribution in [2.45, 2.75) is 76.8 Å². The Morgan fingerprint density at radius 2 is 1.58 bits per heavy atom. The first-order valence-corrected chi connectivity index (χ1v) is 12.9. The van der Waals surface area contributed by atoms with Crippen LogP contribution in [0.3, 0.4) is 0 Å². The summed E-state index contributed by atoms with van der Waals surface area (Å²) in [6, 6.07) is 18.2. The van der Waals surface area contributed by atoms with E-state index >= 15 is 0 Å². The van der Waals surface area contributed by atoms with E-state index < -0.39 is 42.6 Å². The van der Waals surface area contributed by atoms with Crippen molar-refractivity contribution in [2.75, 3.05) is 13.2 Å². The Morgan fingerprint density at radius 1 is 0.895 bits per heavy atom. The zero-order chi connectivity index (χ0) is 27.2. The quantitative estimate of drug-likeness (QED) is 0.107. The Kier molecular flexibility index (Phi) is 12.1. The van der Waals surface area contributed by atoms with Gasteiger partial charge in [-0.2, -0.15) is 0 Å². The Hall–Kier alpha value is -3.43. The van der Waals surface area contributed by atoms with Gasteiger partial charge in [0.1, 0.15) is 6.10 Å². The van der Waals surface area contributed by atoms with Crippen LogP contribution >= 0.6 is 0 Å². The average molecular weight is 526 g/mol. The third-order valence-corrected chi connectivity index (χ3v) is 6.07. The van der Waals surface area contributed by atoms with Gasteiger partial charge in [-0.1, -0.05) is 66.5 Å². The number of rotatable bonds is 14. The second-order valence-electron chi connectivity index (χ2n) is 9.02. The fourth-order valence-corrected chi connectivity index (χ4v) is 4.19. The number of ether oxygens (including phenoxy) is 5.